The summed E-state index contributed by atoms with van der Waals surface area (Å²) < 4.78 is 24.9. The van der Waals surface area contributed by atoms with Crippen LogP contribution in [0, 0.1) is 0 Å². The lowest BCUT2D eigenvalue weighted by Crippen LogP contribution is -2.31. The van der Waals surface area contributed by atoms with E-state index in [2.05, 4.69) is 0 Å². The summed E-state index contributed by atoms with van der Waals surface area (Å²) in [6, 6.07) is 18.9. The van der Waals surface area contributed by atoms with Crippen molar-refractivity contribution in [3.8, 4) is 11.5 Å². The third-order valence-electron chi connectivity index (χ3n) is 2.69. The van der Waals surface area contributed by atoms with E-state index in [0.717, 1.165) is 0 Å². The third-order valence-corrected chi connectivity index (χ3v) is 5.10. The molecule has 0 atom stereocenters. The highest BCUT2D eigenvalue weighted by Crippen LogP contribution is 2.66. The van der Waals surface area contributed by atoms with Crippen molar-refractivity contribution >= 4 is 8.17 Å². The van der Waals surface area contributed by atoms with Crippen molar-refractivity contribution in [3.63, 3.8) is 0 Å². The molecule has 2 aromatic carbocycles. The standard InChI is InChI=1S/C20H28O4P/c1-19(2,3)23-25(24-20(4,5)6,21-17-13-9-7-10-14-17)22-18-15-11-8-12-16-18/h7-16H,1-6H3/q+1. The number of para-hydroxylation sites is 2. The van der Waals surface area contributed by atoms with Crippen LogP contribution in [0.5, 0.6) is 11.5 Å². The van der Waals surface area contributed by atoms with Crippen molar-refractivity contribution in [1.29, 1.82) is 0 Å². The Morgan fingerprint density at radius 2 is 0.880 bits per heavy atom. The number of hydrogen-bond acceptors (Lipinski definition) is 4. The molecule has 136 valence electrons. The summed E-state index contributed by atoms with van der Waals surface area (Å²) >= 11 is 0. The van der Waals surface area contributed by atoms with Gasteiger partial charge in [0.15, 0.2) is 11.5 Å². The molecule has 0 saturated carbocycles. The highest BCUT2D eigenvalue weighted by molar-refractivity contribution is 7.57. The average Bonchev–Trinajstić information content (AvgIpc) is 2.45. The first kappa shape index (κ1) is 19.7. The molecule has 0 aromatic heterocycles. The highest BCUT2D eigenvalue weighted by Gasteiger charge is 2.59. The van der Waals surface area contributed by atoms with Gasteiger partial charge in [-0.05, 0) is 65.8 Å². The zero-order chi connectivity index (χ0) is 18.6. The van der Waals surface area contributed by atoms with Crippen LogP contribution in [0.25, 0.3) is 0 Å². The van der Waals surface area contributed by atoms with Crippen molar-refractivity contribution in [3.05, 3.63) is 60.7 Å². The largest absolute Gasteiger partial charge is 0.670 e. The Kier molecular flexibility index (Phi) is 6.10. The number of benzene rings is 2. The molecule has 2 aromatic rings. The summed E-state index contributed by atoms with van der Waals surface area (Å²) in [4.78, 5) is 0. The fraction of sp³-hybridized carbons (Fsp3) is 0.400. The predicted molar refractivity (Wildman–Crippen MR) is 103 cm³/mol. The predicted octanol–water partition coefficient (Wildman–Crippen LogP) is 6.45. The minimum absolute atomic E-state index is 0.511. The molecule has 0 bridgehead atoms. The van der Waals surface area contributed by atoms with Gasteiger partial charge in [0.25, 0.3) is 0 Å². The van der Waals surface area contributed by atoms with Gasteiger partial charge in [0.05, 0.1) is 0 Å². The van der Waals surface area contributed by atoms with Crippen LogP contribution in [-0.2, 0) is 9.05 Å². The molecule has 0 aliphatic heterocycles. The van der Waals surface area contributed by atoms with Crippen LogP contribution in [0.1, 0.15) is 41.5 Å². The summed E-state index contributed by atoms with van der Waals surface area (Å²) in [5.41, 5.74) is -1.02. The van der Waals surface area contributed by atoms with Crippen molar-refractivity contribution in [1.82, 2.24) is 0 Å². The van der Waals surface area contributed by atoms with E-state index in [0.29, 0.717) is 11.5 Å². The second-order valence-electron chi connectivity index (χ2n) is 7.66. The molecule has 5 heteroatoms. The van der Waals surface area contributed by atoms with Gasteiger partial charge in [0, 0.05) is 0 Å². The lowest BCUT2D eigenvalue weighted by atomic mass is 10.2. The average molecular weight is 363 g/mol. The lowest BCUT2D eigenvalue weighted by Gasteiger charge is -2.29. The summed E-state index contributed by atoms with van der Waals surface area (Å²) in [7, 11) is -3.18. The van der Waals surface area contributed by atoms with E-state index in [4.69, 9.17) is 18.1 Å². The molecule has 0 radical (unpaired) electrons. The summed E-state index contributed by atoms with van der Waals surface area (Å²) in [6.07, 6.45) is 0. The van der Waals surface area contributed by atoms with E-state index in [-0.39, 0.29) is 0 Å². The Bertz CT molecular complexity index is 585. The van der Waals surface area contributed by atoms with Gasteiger partial charge < -0.3 is 0 Å². The van der Waals surface area contributed by atoms with Gasteiger partial charge in [-0.15, -0.1) is 9.05 Å². The van der Waals surface area contributed by atoms with Crippen LogP contribution in [0.2, 0.25) is 0 Å². The quantitative estimate of drug-likeness (QED) is 0.553. The van der Waals surface area contributed by atoms with Gasteiger partial charge in [-0.1, -0.05) is 36.4 Å². The Hall–Kier alpha value is -1.61. The number of rotatable bonds is 6. The molecule has 0 aliphatic carbocycles. The third kappa shape index (κ3) is 7.03. The minimum atomic E-state index is -3.18. The van der Waals surface area contributed by atoms with Gasteiger partial charge in [-0.25, -0.2) is 0 Å². The van der Waals surface area contributed by atoms with Crippen LogP contribution in [0.15, 0.2) is 60.7 Å². The van der Waals surface area contributed by atoms with Crippen LogP contribution >= 0.6 is 8.17 Å². The summed E-state index contributed by atoms with van der Waals surface area (Å²) in [5.74, 6) is 1.28. The Morgan fingerprint density at radius 3 is 1.16 bits per heavy atom. The van der Waals surface area contributed by atoms with Gasteiger partial charge in [-0.3, -0.25) is 9.05 Å². The van der Waals surface area contributed by atoms with E-state index < -0.39 is 19.4 Å². The van der Waals surface area contributed by atoms with Crippen molar-refractivity contribution < 1.29 is 18.1 Å². The molecule has 25 heavy (non-hydrogen) atoms. The SMILES string of the molecule is CC(C)(C)O[P+](Oc1ccccc1)(Oc1ccccc1)OC(C)(C)C. The molecule has 2 rings (SSSR count). The molecule has 0 unspecified atom stereocenters. The summed E-state index contributed by atoms with van der Waals surface area (Å²) in [6.45, 7) is 11.7. The highest BCUT2D eigenvalue weighted by atomic mass is 31.2. The fourth-order valence-corrected chi connectivity index (χ4v) is 4.33. The zero-order valence-electron chi connectivity index (χ0n) is 15.9. The van der Waals surface area contributed by atoms with Gasteiger partial charge in [-0.2, -0.15) is 0 Å². The van der Waals surface area contributed by atoms with E-state index in [9.17, 15) is 0 Å². The molecular formula is C20H28O4P+. The Morgan fingerprint density at radius 1 is 0.560 bits per heavy atom. The molecule has 0 amide bonds. The first-order chi connectivity index (χ1) is 11.6. The number of hydrogen-bond donors (Lipinski definition) is 0. The monoisotopic (exact) mass is 363 g/mol. The molecule has 4 nitrogen and oxygen atoms in total. The molecule has 0 aliphatic rings. The Balaban J connectivity index is 2.43. The van der Waals surface area contributed by atoms with Gasteiger partial charge in [0.2, 0.25) is 0 Å². The molecule has 0 fully saturated rings. The molecule has 0 heterocycles. The van der Waals surface area contributed by atoms with Crippen LogP contribution in [0.3, 0.4) is 0 Å². The fourth-order valence-electron chi connectivity index (χ4n) is 2.00. The molecular weight excluding hydrogens is 335 g/mol. The smallest absolute Gasteiger partial charge is 0.254 e. The maximum absolute atomic E-state index is 6.25. The molecule has 0 spiro atoms. The van der Waals surface area contributed by atoms with Crippen molar-refractivity contribution in [2.75, 3.05) is 0 Å². The van der Waals surface area contributed by atoms with Crippen molar-refractivity contribution in [2.45, 2.75) is 52.7 Å². The van der Waals surface area contributed by atoms with Crippen LogP contribution in [-0.4, -0.2) is 11.2 Å². The zero-order valence-corrected chi connectivity index (χ0v) is 16.7. The summed E-state index contributed by atoms with van der Waals surface area (Å²) in [5, 5.41) is 0. The van der Waals surface area contributed by atoms with E-state index >= 15 is 0 Å². The maximum atomic E-state index is 6.25. The van der Waals surface area contributed by atoms with Crippen LogP contribution in [0.4, 0.5) is 0 Å². The minimum Gasteiger partial charge on any atom is -0.254 e. The first-order valence-corrected chi connectivity index (χ1v) is 9.83. The van der Waals surface area contributed by atoms with Crippen molar-refractivity contribution in [2.24, 2.45) is 0 Å². The first-order valence-electron chi connectivity index (χ1n) is 8.37. The molecule has 0 N–H and O–H groups in total. The van der Waals surface area contributed by atoms with E-state index in [1.807, 2.05) is 102 Å². The molecule has 0 saturated heterocycles. The van der Waals surface area contributed by atoms with E-state index in [1.54, 1.807) is 0 Å². The van der Waals surface area contributed by atoms with E-state index in [1.165, 1.54) is 0 Å². The second kappa shape index (κ2) is 7.74. The normalized spacial score (nSPS) is 12.7. The van der Waals surface area contributed by atoms with Crippen LogP contribution < -0.4 is 9.05 Å². The van der Waals surface area contributed by atoms with Gasteiger partial charge >= 0.3 is 8.17 Å². The van der Waals surface area contributed by atoms with Gasteiger partial charge in [0.1, 0.15) is 11.2 Å². The lowest BCUT2D eigenvalue weighted by molar-refractivity contribution is 0.00490. The Labute approximate surface area is 151 Å². The topological polar surface area (TPSA) is 36.9 Å². The second-order valence-corrected chi connectivity index (χ2v) is 9.29. The maximum Gasteiger partial charge on any atom is 0.670 e.